The first-order chi connectivity index (χ1) is 9.51. The van der Waals surface area contributed by atoms with Crippen LogP contribution in [0.3, 0.4) is 0 Å². The summed E-state index contributed by atoms with van der Waals surface area (Å²) in [7, 11) is 0. The zero-order chi connectivity index (χ0) is 14.7. The topological polar surface area (TPSA) is 51.0 Å². The second-order valence-electron chi connectivity index (χ2n) is 4.46. The van der Waals surface area contributed by atoms with Crippen molar-refractivity contribution in [2.45, 2.75) is 32.9 Å². The maximum Gasteiger partial charge on any atom is 0.240 e. The van der Waals surface area contributed by atoms with Gasteiger partial charge in [-0.3, -0.25) is 0 Å². The second kappa shape index (κ2) is 6.04. The van der Waals surface area contributed by atoms with Crippen molar-refractivity contribution in [3.05, 3.63) is 35.5 Å². The van der Waals surface area contributed by atoms with E-state index in [9.17, 15) is 13.2 Å². The van der Waals surface area contributed by atoms with Gasteiger partial charge in [0.25, 0.3) is 0 Å². The van der Waals surface area contributed by atoms with Crippen LogP contribution in [0.5, 0.6) is 0 Å². The molecular weight excluding hydrogens is 271 g/mol. The molecule has 1 unspecified atom stereocenters. The monoisotopic (exact) mass is 285 g/mol. The van der Waals surface area contributed by atoms with E-state index in [0.717, 1.165) is 18.6 Å². The van der Waals surface area contributed by atoms with E-state index >= 15 is 0 Å². The molecule has 0 amide bonds. The summed E-state index contributed by atoms with van der Waals surface area (Å²) in [6.07, 6.45) is 0.940. The number of hydrogen-bond acceptors (Lipinski definition) is 4. The average Bonchev–Trinajstić information content (AvgIpc) is 2.90. The molecule has 0 saturated heterocycles. The Morgan fingerprint density at radius 3 is 2.50 bits per heavy atom. The van der Waals surface area contributed by atoms with E-state index in [1.165, 1.54) is 0 Å². The number of aromatic nitrogens is 2. The molecule has 4 nitrogen and oxygen atoms in total. The van der Waals surface area contributed by atoms with Crippen LogP contribution >= 0.6 is 0 Å². The Balaban J connectivity index is 2.16. The molecule has 1 atom stereocenters. The molecule has 1 aromatic carbocycles. The van der Waals surface area contributed by atoms with Crippen LogP contribution in [0.4, 0.5) is 13.2 Å². The third-order valence-corrected chi connectivity index (χ3v) is 2.92. The van der Waals surface area contributed by atoms with E-state index in [4.69, 9.17) is 4.52 Å². The molecule has 0 radical (unpaired) electrons. The van der Waals surface area contributed by atoms with Crippen molar-refractivity contribution in [3.63, 3.8) is 0 Å². The molecule has 2 aromatic rings. The van der Waals surface area contributed by atoms with Gasteiger partial charge in [0.15, 0.2) is 17.5 Å². The second-order valence-corrected chi connectivity index (χ2v) is 4.46. The van der Waals surface area contributed by atoms with E-state index in [-0.39, 0.29) is 17.4 Å². The van der Waals surface area contributed by atoms with Crippen LogP contribution in [0.2, 0.25) is 0 Å². The molecule has 1 N–H and O–H groups in total. The van der Waals surface area contributed by atoms with E-state index in [0.29, 0.717) is 12.4 Å². The first-order valence-corrected chi connectivity index (χ1v) is 6.22. The minimum Gasteiger partial charge on any atom is -0.338 e. The zero-order valence-electron chi connectivity index (χ0n) is 11.1. The highest BCUT2D eigenvalue weighted by Gasteiger charge is 2.15. The van der Waals surface area contributed by atoms with Gasteiger partial charge in [-0.15, -0.1) is 0 Å². The van der Waals surface area contributed by atoms with Crippen LogP contribution in [-0.2, 0) is 6.54 Å². The van der Waals surface area contributed by atoms with E-state index in [1.54, 1.807) is 0 Å². The van der Waals surface area contributed by atoms with Crippen molar-refractivity contribution in [1.82, 2.24) is 15.5 Å². The average molecular weight is 285 g/mol. The molecule has 0 aliphatic rings. The smallest absolute Gasteiger partial charge is 0.240 e. The molecule has 0 spiro atoms. The fourth-order valence-electron chi connectivity index (χ4n) is 1.53. The lowest BCUT2D eigenvalue weighted by molar-refractivity contribution is 0.358. The van der Waals surface area contributed by atoms with Crippen molar-refractivity contribution >= 4 is 0 Å². The standard InChI is InChI=1S/C13H14F3N3O/c1-3-7(2)17-6-11-18-13(19-20-11)8-4-9(14)12(16)10(15)5-8/h4-5,7,17H,3,6H2,1-2H3. The molecule has 0 fully saturated rings. The number of nitrogens with zero attached hydrogens (tertiary/aromatic N) is 2. The van der Waals surface area contributed by atoms with Gasteiger partial charge in [0, 0.05) is 11.6 Å². The van der Waals surface area contributed by atoms with Gasteiger partial charge in [-0.2, -0.15) is 4.98 Å². The normalized spacial score (nSPS) is 12.7. The first-order valence-electron chi connectivity index (χ1n) is 6.22. The highest BCUT2D eigenvalue weighted by Crippen LogP contribution is 2.21. The van der Waals surface area contributed by atoms with Gasteiger partial charge in [0.1, 0.15) is 0 Å². The number of nitrogens with one attached hydrogen (secondary N) is 1. The largest absolute Gasteiger partial charge is 0.338 e. The van der Waals surface area contributed by atoms with Gasteiger partial charge in [-0.25, -0.2) is 13.2 Å². The van der Waals surface area contributed by atoms with E-state index in [1.807, 2.05) is 13.8 Å². The van der Waals surface area contributed by atoms with Gasteiger partial charge < -0.3 is 9.84 Å². The number of halogens is 3. The minimum atomic E-state index is -1.52. The number of benzene rings is 1. The SMILES string of the molecule is CCC(C)NCc1nc(-c2cc(F)c(F)c(F)c2)no1. The van der Waals surface area contributed by atoms with Crippen molar-refractivity contribution in [3.8, 4) is 11.4 Å². The molecule has 2 rings (SSSR count). The van der Waals surface area contributed by atoms with Crippen molar-refractivity contribution in [2.24, 2.45) is 0 Å². The first kappa shape index (κ1) is 14.5. The molecular formula is C13H14F3N3O. The molecule has 1 heterocycles. The fraction of sp³-hybridized carbons (Fsp3) is 0.385. The van der Waals surface area contributed by atoms with Crippen molar-refractivity contribution < 1.29 is 17.7 Å². The zero-order valence-corrected chi connectivity index (χ0v) is 11.1. The van der Waals surface area contributed by atoms with E-state index < -0.39 is 17.5 Å². The minimum absolute atomic E-state index is 0.0174. The van der Waals surface area contributed by atoms with Gasteiger partial charge in [0.05, 0.1) is 6.54 Å². The summed E-state index contributed by atoms with van der Waals surface area (Å²) in [5.74, 6) is -3.78. The highest BCUT2D eigenvalue weighted by molar-refractivity contribution is 5.54. The number of hydrogen-bond donors (Lipinski definition) is 1. The maximum absolute atomic E-state index is 13.1. The highest BCUT2D eigenvalue weighted by atomic mass is 19.2. The van der Waals surface area contributed by atoms with Crippen LogP contribution in [-0.4, -0.2) is 16.2 Å². The third-order valence-electron chi connectivity index (χ3n) is 2.92. The number of rotatable bonds is 5. The van der Waals surface area contributed by atoms with Gasteiger partial charge in [-0.05, 0) is 25.5 Å². The molecule has 20 heavy (non-hydrogen) atoms. The Kier molecular flexibility index (Phi) is 4.39. The fourth-order valence-corrected chi connectivity index (χ4v) is 1.53. The lowest BCUT2D eigenvalue weighted by atomic mass is 10.2. The molecule has 0 bridgehead atoms. The summed E-state index contributed by atoms with van der Waals surface area (Å²) < 4.78 is 44.1. The van der Waals surface area contributed by atoms with Crippen LogP contribution < -0.4 is 5.32 Å². The molecule has 7 heteroatoms. The quantitative estimate of drug-likeness (QED) is 0.858. The van der Waals surface area contributed by atoms with Gasteiger partial charge >= 0.3 is 0 Å². The molecule has 108 valence electrons. The van der Waals surface area contributed by atoms with Gasteiger partial charge in [0.2, 0.25) is 11.7 Å². The maximum atomic E-state index is 13.1. The van der Waals surface area contributed by atoms with Crippen LogP contribution in [0, 0.1) is 17.5 Å². The van der Waals surface area contributed by atoms with Crippen LogP contribution in [0.15, 0.2) is 16.7 Å². The molecule has 1 aromatic heterocycles. The van der Waals surface area contributed by atoms with Crippen molar-refractivity contribution in [1.29, 1.82) is 0 Å². The third kappa shape index (κ3) is 3.16. The Morgan fingerprint density at radius 1 is 1.25 bits per heavy atom. The Morgan fingerprint density at radius 2 is 1.90 bits per heavy atom. The molecule has 0 aliphatic heterocycles. The van der Waals surface area contributed by atoms with Crippen LogP contribution in [0.25, 0.3) is 11.4 Å². The summed E-state index contributed by atoms with van der Waals surface area (Å²) in [5, 5.41) is 6.76. The Hall–Kier alpha value is -1.89. The lowest BCUT2D eigenvalue weighted by Crippen LogP contribution is -2.24. The summed E-state index contributed by atoms with van der Waals surface area (Å²) in [4.78, 5) is 4.00. The summed E-state index contributed by atoms with van der Waals surface area (Å²) in [6.45, 7) is 4.39. The van der Waals surface area contributed by atoms with Crippen LogP contribution in [0.1, 0.15) is 26.2 Å². The van der Waals surface area contributed by atoms with Crippen molar-refractivity contribution in [2.75, 3.05) is 0 Å². The molecule has 0 saturated carbocycles. The lowest BCUT2D eigenvalue weighted by Gasteiger charge is -2.07. The summed E-state index contributed by atoms with van der Waals surface area (Å²) in [6, 6.07) is 1.94. The Bertz CT molecular complexity index is 577. The summed E-state index contributed by atoms with van der Waals surface area (Å²) >= 11 is 0. The molecule has 0 aliphatic carbocycles. The summed E-state index contributed by atoms with van der Waals surface area (Å²) in [5.41, 5.74) is 0.0277. The predicted molar refractivity (Wildman–Crippen MR) is 66.2 cm³/mol. The Labute approximate surface area is 114 Å². The van der Waals surface area contributed by atoms with Gasteiger partial charge in [-0.1, -0.05) is 12.1 Å². The predicted octanol–water partition coefficient (Wildman–Crippen LogP) is 3.04. The van der Waals surface area contributed by atoms with E-state index in [2.05, 4.69) is 15.5 Å².